The maximum absolute atomic E-state index is 9.69. The summed E-state index contributed by atoms with van der Waals surface area (Å²) in [6, 6.07) is 6.98. The summed E-state index contributed by atoms with van der Waals surface area (Å²) < 4.78 is 0. The van der Waals surface area contributed by atoms with E-state index in [1.54, 1.807) is 12.1 Å². The van der Waals surface area contributed by atoms with E-state index < -0.39 is 6.10 Å². The summed E-state index contributed by atoms with van der Waals surface area (Å²) in [4.78, 5) is 0. The molecular formula is C11H17Cl2NO. The first kappa shape index (κ1) is 14.7. The van der Waals surface area contributed by atoms with Gasteiger partial charge >= 0.3 is 0 Å². The standard InChI is InChI=1S/C11H16ClNO.ClH/c1-2-4-10(14)11(13)8-5-3-6-9(12)7-8;/h3,5-7,10-11,14H,2,4,13H2,1H3;1H/t10-,11+;/m1./s1. The minimum atomic E-state index is -0.488. The second-order valence-electron chi connectivity index (χ2n) is 3.44. The van der Waals surface area contributed by atoms with Crippen molar-refractivity contribution in [3.05, 3.63) is 34.9 Å². The molecule has 4 heteroatoms. The molecule has 1 aromatic rings. The number of benzene rings is 1. The van der Waals surface area contributed by atoms with Gasteiger partial charge in [0.15, 0.2) is 0 Å². The first-order valence-electron chi connectivity index (χ1n) is 4.84. The van der Waals surface area contributed by atoms with Gasteiger partial charge in [0.25, 0.3) is 0 Å². The van der Waals surface area contributed by atoms with E-state index in [4.69, 9.17) is 17.3 Å². The van der Waals surface area contributed by atoms with Crippen molar-refractivity contribution in [3.8, 4) is 0 Å². The predicted octanol–water partition coefficient (Wildman–Crippen LogP) is 2.92. The second kappa shape index (κ2) is 7.07. The number of nitrogens with two attached hydrogens (primary N) is 1. The summed E-state index contributed by atoms with van der Waals surface area (Å²) in [5, 5.41) is 10.3. The van der Waals surface area contributed by atoms with Gasteiger partial charge in [-0.2, -0.15) is 0 Å². The Hall–Kier alpha value is -0.280. The van der Waals surface area contributed by atoms with E-state index in [0.717, 1.165) is 12.0 Å². The minimum absolute atomic E-state index is 0. The molecule has 2 nitrogen and oxygen atoms in total. The lowest BCUT2D eigenvalue weighted by Crippen LogP contribution is -2.25. The Morgan fingerprint density at radius 1 is 1.47 bits per heavy atom. The van der Waals surface area contributed by atoms with Gasteiger partial charge in [0, 0.05) is 5.02 Å². The smallest absolute Gasteiger partial charge is 0.0732 e. The molecule has 0 bridgehead atoms. The Kier molecular flexibility index (Phi) is 6.94. The number of hydrogen-bond acceptors (Lipinski definition) is 2. The fraction of sp³-hybridized carbons (Fsp3) is 0.455. The Balaban J connectivity index is 0.00000196. The highest BCUT2D eigenvalue weighted by Crippen LogP contribution is 2.20. The quantitative estimate of drug-likeness (QED) is 0.863. The molecule has 0 radical (unpaired) electrons. The normalized spacial score (nSPS) is 14.1. The van der Waals surface area contributed by atoms with Crippen LogP contribution in [0.1, 0.15) is 31.4 Å². The molecule has 0 unspecified atom stereocenters. The Labute approximate surface area is 102 Å². The molecule has 3 N–H and O–H groups in total. The van der Waals surface area contributed by atoms with E-state index in [2.05, 4.69) is 0 Å². The van der Waals surface area contributed by atoms with Crippen molar-refractivity contribution < 1.29 is 5.11 Å². The van der Waals surface area contributed by atoms with E-state index in [0.29, 0.717) is 11.4 Å². The van der Waals surface area contributed by atoms with Crippen LogP contribution in [-0.2, 0) is 0 Å². The molecular weight excluding hydrogens is 233 g/mol. The topological polar surface area (TPSA) is 46.2 Å². The van der Waals surface area contributed by atoms with Crippen molar-refractivity contribution in [1.29, 1.82) is 0 Å². The van der Waals surface area contributed by atoms with Crippen LogP contribution >= 0.6 is 24.0 Å². The summed E-state index contributed by atoms with van der Waals surface area (Å²) in [7, 11) is 0. The number of aliphatic hydroxyl groups excluding tert-OH is 1. The minimum Gasteiger partial charge on any atom is -0.391 e. The van der Waals surface area contributed by atoms with Crippen molar-refractivity contribution in [3.63, 3.8) is 0 Å². The van der Waals surface area contributed by atoms with Crippen molar-refractivity contribution in [2.45, 2.75) is 31.9 Å². The van der Waals surface area contributed by atoms with Crippen molar-refractivity contribution in [1.82, 2.24) is 0 Å². The SMILES string of the molecule is CCC[C@@H](O)[C@@H](N)c1cccc(Cl)c1.Cl. The highest BCUT2D eigenvalue weighted by atomic mass is 35.5. The maximum atomic E-state index is 9.69. The second-order valence-corrected chi connectivity index (χ2v) is 3.87. The first-order chi connectivity index (χ1) is 6.65. The van der Waals surface area contributed by atoms with Gasteiger partial charge in [0.05, 0.1) is 12.1 Å². The zero-order valence-electron chi connectivity index (χ0n) is 8.69. The number of hydrogen-bond donors (Lipinski definition) is 2. The zero-order valence-corrected chi connectivity index (χ0v) is 10.3. The molecule has 0 saturated carbocycles. The van der Waals surface area contributed by atoms with Gasteiger partial charge in [-0.3, -0.25) is 0 Å². The molecule has 0 aliphatic heterocycles. The van der Waals surface area contributed by atoms with E-state index in [1.807, 2.05) is 19.1 Å². The largest absolute Gasteiger partial charge is 0.391 e. The van der Waals surface area contributed by atoms with Crippen LogP contribution in [0.4, 0.5) is 0 Å². The number of halogens is 2. The fourth-order valence-electron chi connectivity index (χ4n) is 1.41. The Morgan fingerprint density at radius 3 is 2.67 bits per heavy atom. The van der Waals surface area contributed by atoms with Crippen LogP contribution in [0.5, 0.6) is 0 Å². The molecule has 86 valence electrons. The fourth-order valence-corrected chi connectivity index (χ4v) is 1.61. The van der Waals surface area contributed by atoms with Gasteiger partial charge in [0.2, 0.25) is 0 Å². The van der Waals surface area contributed by atoms with E-state index in [-0.39, 0.29) is 18.4 Å². The zero-order chi connectivity index (χ0) is 10.6. The molecule has 0 fully saturated rings. The summed E-state index contributed by atoms with van der Waals surface area (Å²) in [6.45, 7) is 2.02. The average Bonchev–Trinajstić information content (AvgIpc) is 2.17. The molecule has 0 amide bonds. The van der Waals surface area contributed by atoms with Crippen LogP contribution in [0.15, 0.2) is 24.3 Å². The Morgan fingerprint density at radius 2 is 2.13 bits per heavy atom. The summed E-state index contributed by atoms with van der Waals surface area (Å²) >= 11 is 5.83. The molecule has 1 aromatic carbocycles. The van der Waals surface area contributed by atoms with Gasteiger partial charge in [-0.1, -0.05) is 37.1 Å². The highest BCUT2D eigenvalue weighted by Gasteiger charge is 2.15. The lowest BCUT2D eigenvalue weighted by Gasteiger charge is -2.18. The third-order valence-corrected chi connectivity index (χ3v) is 2.47. The summed E-state index contributed by atoms with van der Waals surface area (Å²) in [5.74, 6) is 0. The number of aliphatic hydroxyl groups is 1. The lowest BCUT2D eigenvalue weighted by molar-refractivity contribution is 0.134. The summed E-state index contributed by atoms with van der Waals surface area (Å²) in [5.41, 5.74) is 6.77. The predicted molar refractivity (Wildman–Crippen MR) is 66.5 cm³/mol. The van der Waals surface area contributed by atoms with Crippen LogP contribution in [-0.4, -0.2) is 11.2 Å². The van der Waals surface area contributed by atoms with Gasteiger partial charge in [-0.05, 0) is 24.1 Å². The van der Waals surface area contributed by atoms with E-state index in [9.17, 15) is 5.11 Å². The van der Waals surface area contributed by atoms with E-state index >= 15 is 0 Å². The molecule has 0 aliphatic rings. The van der Waals surface area contributed by atoms with Crippen molar-refractivity contribution in [2.75, 3.05) is 0 Å². The molecule has 15 heavy (non-hydrogen) atoms. The molecule has 0 aromatic heterocycles. The summed E-state index contributed by atoms with van der Waals surface area (Å²) in [6.07, 6.45) is 1.15. The molecule has 0 aliphatic carbocycles. The van der Waals surface area contributed by atoms with Crippen LogP contribution in [0, 0.1) is 0 Å². The van der Waals surface area contributed by atoms with Gasteiger partial charge < -0.3 is 10.8 Å². The lowest BCUT2D eigenvalue weighted by atomic mass is 9.99. The van der Waals surface area contributed by atoms with Gasteiger partial charge in [-0.25, -0.2) is 0 Å². The van der Waals surface area contributed by atoms with Gasteiger partial charge in [0.1, 0.15) is 0 Å². The molecule has 0 saturated heterocycles. The molecule has 1 rings (SSSR count). The average molecular weight is 250 g/mol. The van der Waals surface area contributed by atoms with Crippen LogP contribution < -0.4 is 5.73 Å². The monoisotopic (exact) mass is 249 g/mol. The van der Waals surface area contributed by atoms with Crippen LogP contribution in [0.3, 0.4) is 0 Å². The molecule has 0 heterocycles. The van der Waals surface area contributed by atoms with Crippen molar-refractivity contribution >= 4 is 24.0 Å². The Bertz CT molecular complexity index is 294. The maximum Gasteiger partial charge on any atom is 0.0732 e. The molecule has 2 atom stereocenters. The molecule has 0 spiro atoms. The first-order valence-corrected chi connectivity index (χ1v) is 5.22. The van der Waals surface area contributed by atoms with E-state index in [1.165, 1.54) is 0 Å². The third kappa shape index (κ3) is 4.39. The van der Waals surface area contributed by atoms with Gasteiger partial charge in [-0.15, -0.1) is 12.4 Å². The van der Waals surface area contributed by atoms with Crippen LogP contribution in [0.25, 0.3) is 0 Å². The number of rotatable bonds is 4. The third-order valence-electron chi connectivity index (χ3n) is 2.23. The van der Waals surface area contributed by atoms with Crippen molar-refractivity contribution in [2.24, 2.45) is 5.73 Å². The highest BCUT2D eigenvalue weighted by molar-refractivity contribution is 6.30. The van der Waals surface area contributed by atoms with Crippen LogP contribution in [0.2, 0.25) is 5.02 Å².